The van der Waals surface area contributed by atoms with Gasteiger partial charge in [0, 0.05) is 7.05 Å². The molecule has 17 heavy (non-hydrogen) atoms. The van der Waals surface area contributed by atoms with Crippen LogP contribution in [-0.2, 0) is 7.05 Å². The predicted molar refractivity (Wildman–Crippen MR) is 62.6 cm³/mol. The van der Waals surface area contributed by atoms with E-state index in [4.69, 9.17) is 5.73 Å². The highest BCUT2D eigenvalue weighted by molar-refractivity contribution is 7.99. The zero-order valence-corrected chi connectivity index (χ0v) is 9.72. The minimum Gasteiger partial charge on any atom is -0.393 e. The van der Waals surface area contributed by atoms with Crippen LogP contribution in [0.3, 0.4) is 0 Å². The molecule has 0 aliphatic carbocycles. The first kappa shape index (κ1) is 11.4. The van der Waals surface area contributed by atoms with Crippen LogP contribution in [0, 0.1) is 10.1 Å². The van der Waals surface area contributed by atoms with Crippen molar-refractivity contribution in [3.63, 3.8) is 0 Å². The van der Waals surface area contributed by atoms with Gasteiger partial charge in [0.05, 0.1) is 9.82 Å². The Morgan fingerprint density at radius 2 is 2.29 bits per heavy atom. The van der Waals surface area contributed by atoms with Crippen molar-refractivity contribution in [1.29, 1.82) is 0 Å². The smallest absolute Gasteiger partial charge is 0.306 e. The SMILES string of the molecule is Cn1cnnc1Sc1cccc(N)c1[N+](=O)[O-]. The summed E-state index contributed by atoms with van der Waals surface area (Å²) in [7, 11) is 1.76. The minimum absolute atomic E-state index is 0.0968. The van der Waals surface area contributed by atoms with Crippen molar-refractivity contribution in [2.45, 2.75) is 10.1 Å². The quantitative estimate of drug-likeness (QED) is 0.503. The molecule has 8 heteroatoms. The van der Waals surface area contributed by atoms with Crippen molar-refractivity contribution in [2.24, 2.45) is 7.05 Å². The molecule has 0 saturated carbocycles. The van der Waals surface area contributed by atoms with Gasteiger partial charge in [0.25, 0.3) is 0 Å². The molecule has 0 aliphatic heterocycles. The third kappa shape index (κ3) is 2.21. The van der Waals surface area contributed by atoms with Crippen molar-refractivity contribution in [3.05, 3.63) is 34.6 Å². The highest BCUT2D eigenvalue weighted by Crippen LogP contribution is 2.36. The summed E-state index contributed by atoms with van der Waals surface area (Å²) in [6, 6.07) is 4.80. The molecule has 0 saturated heterocycles. The first-order valence-corrected chi connectivity index (χ1v) is 5.46. The highest BCUT2D eigenvalue weighted by atomic mass is 32.2. The second-order valence-corrected chi connectivity index (χ2v) is 4.29. The molecule has 2 aromatic rings. The summed E-state index contributed by atoms with van der Waals surface area (Å²) in [5, 5.41) is 19.1. The molecule has 0 unspecified atom stereocenters. The highest BCUT2D eigenvalue weighted by Gasteiger charge is 2.19. The Balaban J connectivity index is 2.43. The number of aryl methyl sites for hydroxylation is 1. The van der Waals surface area contributed by atoms with Gasteiger partial charge >= 0.3 is 5.69 Å². The summed E-state index contributed by atoms with van der Waals surface area (Å²) in [4.78, 5) is 10.9. The minimum atomic E-state index is -0.492. The normalized spacial score (nSPS) is 10.4. The third-order valence-electron chi connectivity index (χ3n) is 2.08. The Bertz CT molecular complexity index is 568. The number of hydrogen-bond acceptors (Lipinski definition) is 6. The Morgan fingerprint density at radius 1 is 1.53 bits per heavy atom. The first-order valence-electron chi connectivity index (χ1n) is 4.64. The number of nitrogen functional groups attached to an aromatic ring is 1. The maximum Gasteiger partial charge on any atom is 0.306 e. The lowest BCUT2D eigenvalue weighted by molar-refractivity contribution is -0.386. The lowest BCUT2D eigenvalue weighted by atomic mass is 10.3. The summed E-state index contributed by atoms with van der Waals surface area (Å²) in [6.07, 6.45) is 1.53. The summed E-state index contributed by atoms with van der Waals surface area (Å²) in [5.74, 6) is 0. The van der Waals surface area contributed by atoms with Crippen LogP contribution < -0.4 is 5.73 Å². The van der Waals surface area contributed by atoms with E-state index in [-0.39, 0.29) is 11.4 Å². The zero-order valence-electron chi connectivity index (χ0n) is 8.90. The number of rotatable bonds is 3. The lowest BCUT2D eigenvalue weighted by Gasteiger charge is -2.03. The molecule has 0 spiro atoms. The molecule has 2 N–H and O–H groups in total. The molecule has 88 valence electrons. The molecule has 1 aromatic heterocycles. The van der Waals surface area contributed by atoms with E-state index in [9.17, 15) is 10.1 Å². The first-order chi connectivity index (χ1) is 8.09. The monoisotopic (exact) mass is 251 g/mol. The fraction of sp³-hybridized carbons (Fsp3) is 0.111. The van der Waals surface area contributed by atoms with Crippen LogP contribution in [0.1, 0.15) is 0 Å². The molecular formula is C9H9N5O2S. The largest absolute Gasteiger partial charge is 0.393 e. The number of benzene rings is 1. The van der Waals surface area contributed by atoms with Crippen LogP contribution in [0.5, 0.6) is 0 Å². The number of nitro benzene ring substituents is 1. The molecule has 0 radical (unpaired) electrons. The predicted octanol–water partition coefficient (Wildman–Crippen LogP) is 1.46. The van der Waals surface area contributed by atoms with E-state index in [2.05, 4.69) is 10.2 Å². The zero-order chi connectivity index (χ0) is 12.4. The summed E-state index contributed by atoms with van der Waals surface area (Å²) in [6.45, 7) is 0. The Morgan fingerprint density at radius 3 is 2.88 bits per heavy atom. The van der Waals surface area contributed by atoms with Crippen molar-refractivity contribution in [3.8, 4) is 0 Å². The number of anilines is 1. The summed E-state index contributed by atoms with van der Waals surface area (Å²) in [5.41, 5.74) is 5.64. The van der Waals surface area contributed by atoms with E-state index < -0.39 is 4.92 Å². The van der Waals surface area contributed by atoms with Crippen molar-refractivity contribution in [1.82, 2.24) is 14.8 Å². The van der Waals surface area contributed by atoms with Crippen LogP contribution in [0.2, 0.25) is 0 Å². The van der Waals surface area contributed by atoms with Gasteiger partial charge in [-0.05, 0) is 23.9 Å². The van der Waals surface area contributed by atoms with E-state index in [1.165, 1.54) is 12.4 Å². The number of nitro groups is 1. The maximum atomic E-state index is 10.9. The Kier molecular flexibility index (Phi) is 2.96. The average molecular weight is 251 g/mol. The third-order valence-corrected chi connectivity index (χ3v) is 3.19. The molecular weight excluding hydrogens is 242 g/mol. The van der Waals surface area contributed by atoms with Gasteiger partial charge in [0.1, 0.15) is 12.0 Å². The second-order valence-electron chi connectivity index (χ2n) is 3.28. The summed E-state index contributed by atoms with van der Waals surface area (Å²) < 4.78 is 1.68. The standard InChI is InChI=1S/C9H9N5O2S/c1-13-5-11-12-9(13)17-7-4-2-3-6(10)8(7)14(15)16/h2-5H,10H2,1H3. The van der Waals surface area contributed by atoms with Gasteiger partial charge in [-0.2, -0.15) is 0 Å². The van der Waals surface area contributed by atoms with E-state index in [1.54, 1.807) is 23.7 Å². The van der Waals surface area contributed by atoms with E-state index in [1.807, 2.05) is 0 Å². The second kappa shape index (κ2) is 4.42. The van der Waals surface area contributed by atoms with Gasteiger partial charge < -0.3 is 10.3 Å². The van der Waals surface area contributed by atoms with Gasteiger partial charge in [0.2, 0.25) is 0 Å². The molecule has 1 aromatic carbocycles. The topological polar surface area (TPSA) is 99.9 Å². The molecule has 0 fully saturated rings. The van der Waals surface area contributed by atoms with E-state index in [0.717, 1.165) is 11.8 Å². The molecule has 0 amide bonds. The summed E-state index contributed by atoms with van der Waals surface area (Å²) >= 11 is 1.16. The number of aromatic nitrogens is 3. The van der Waals surface area contributed by atoms with Gasteiger partial charge in [-0.25, -0.2) is 0 Å². The number of para-hydroxylation sites is 1. The van der Waals surface area contributed by atoms with E-state index in [0.29, 0.717) is 10.1 Å². The van der Waals surface area contributed by atoms with Crippen LogP contribution in [0.4, 0.5) is 11.4 Å². The average Bonchev–Trinajstić information content (AvgIpc) is 2.64. The van der Waals surface area contributed by atoms with Crippen LogP contribution >= 0.6 is 11.8 Å². The van der Waals surface area contributed by atoms with Crippen molar-refractivity contribution >= 4 is 23.1 Å². The lowest BCUT2D eigenvalue weighted by Crippen LogP contribution is -1.98. The fourth-order valence-electron chi connectivity index (χ4n) is 1.28. The molecule has 0 atom stereocenters. The number of nitrogens with two attached hydrogens (primary N) is 1. The van der Waals surface area contributed by atoms with Crippen LogP contribution in [0.25, 0.3) is 0 Å². The molecule has 2 rings (SSSR count). The Hall–Kier alpha value is -2.09. The number of hydrogen-bond donors (Lipinski definition) is 1. The van der Waals surface area contributed by atoms with Crippen molar-refractivity contribution < 1.29 is 4.92 Å². The van der Waals surface area contributed by atoms with Gasteiger partial charge in [-0.3, -0.25) is 10.1 Å². The van der Waals surface area contributed by atoms with Gasteiger partial charge in [0.15, 0.2) is 5.16 Å². The molecule has 0 bridgehead atoms. The molecule has 7 nitrogen and oxygen atoms in total. The van der Waals surface area contributed by atoms with E-state index >= 15 is 0 Å². The Labute approximate surface area is 101 Å². The maximum absolute atomic E-state index is 10.9. The van der Waals surface area contributed by atoms with Crippen molar-refractivity contribution in [2.75, 3.05) is 5.73 Å². The van der Waals surface area contributed by atoms with Gasteiger partial charge in [-0.15, -0.1) is 10.2 Å². The molecule has 1 heterocycles. The van der Waals surface area contributed by atoms with Crippen LogP contribution in [0.15, 0.2) is 34.6 Å². The van der Waals surface area contributed by atoms with Crippen LogP contribution in [-0.4, -0.2) is 19.7 Å². The fourth-order valence-corrected chi connectivity index (χ4v) is 2.19. The van der Waals surface area contributed by atoms with Gasteiger partial charge in [-0.1, -0.05) is 6.07 Å². The molecule has 0 aliphatic rings. The number of nitrogens with zero attached hydrogens (tertiary/aromatic N) is 4.